The molecule has 0 saturated heterocycles. The van der Waals surface area contributed by atoms with Crippen molar-refractivity contribution in [3.05, 3.63) is 67.0 Å². The second kappa shape index (κ2) is 6.69. The first kappa shape index (κ1) is 17.0. The quantitative estimate of drug-likeness (QED) is 0.571. The van der Waals surface area contributed by atoms with E-state index in [0.717, 1.165) is 5.56 Å². The molecule has 0 aliphatic heterocycles. The summed E-state index contributed by atoms with van der Waals surface area (Å²) in [6.07, 6.45) is 1.51. The molecule has 4 rings (SSSR count). The Labute approximate surface area is 155 Å². The molecule has 2 aromatic heterocycles. The van der Waals surface area contributed by atoms with Gasteiger partial charge in [-0.2, -0.15) is 9.61 Å². The van der Waals surface area contributed by atoms with Crippen LogP contribution < -0.4 is 9.46 Å². The molecule has 0 saturated carbocycles. The van der Waals surface area contributed by atoms with Crippen molar-refractivity contribution in [1.29, 1.82) is 0 Å². The highest BCUT2D eigenvalue weighted by atomic mass is 32.2. The maximum Gasteiger partial charge on any atom is 0.265 e. The molecule has 2 aromatic carbocycles. The maximum atomic E-state index is 12.7. The molecule has 9 heteroatoms. The van der Waals surface area contributed by atoms with Gasteiger partial charge in [-0.1, -0.05) is 24.3 Å². The van der Waals surface area contributed by atoms with Gasteiger partial charge in [0.05, 0.1) is 12.8 Å². The molecule has 8 nitrogen and oxygen atoms in total. The Balaban J connectivity index is 1.68. The maximum absolute atomic E-state index is 12.7. The van der Waals surface area contributed by atoms with E-state index >= 15 is 0 Å². The number of hydrogen-bond acceptors (Lipinski definition) is 6. The Bertz CT molecular complexity index is 1220. The summed E-state index contributed by atoms with van der Waals surface area (Å²) in [4.78, 5) is 0.0712. The lowest BCUT2D eigenvalue weighted by molar-refractivity contribution is 0.403. The molecule has 27 heavy (non-hydrogen) atoms. The molecule has 0 aliphatic carbocycles. The fourth-order valence-corrected chi connectivity index (χ4v) is 3.90. The van der Waals surface area contributed by atoms with Crippen LogP contribution in [0, 0.1) is 0 Å². The van der Waals surface area contributed by atoms with Gasteiger partial charge in [0.2, 0.25) is 0 Å². The number of nitrogens with one attached hydrogen (secondary N) is 1. The van der Waals surface area contributed by atoms with E-state index < -0.39 is 10.0 Å². The predicted octanol–water partition coefficient (Wildman–Crippen LogP) is 2.60. The highest BCUT2D eigenvalue weighted by Crippen LogP contribution is 2.27. The highest BCUT2D eigenvalue weighted by Gasteiger charge is 2.19. The topological polar surface area (TPSA) is 98.5 Å². The number of hydrogen-bond donors (Lipinski definition) is 1. The van der Waals surface area contributed by atoms with Crippen LogP contribution in [0.4, 0.5) is 5.69 Å². The van der Waals surface area contributed by atoms with E-state index in [0.29, 0.717) is 17.0 Å². The third kappa shape index (κ3) is 3.32. The van der Waals surface area contributed by atoms with E-state index in [-0.39, 0.29) is 10.6 Å². The molecule has 0 atom stereocenters. The van der Waals surface area contributed by atoms with Gasteiger partial charge in [-0.15, -0.1) is 10.2 Å². The molecule has 0 radical (unpaired) electrons. The number of ether oxygens (including phenoxy) is 1. The molecule has 0 unspecified atom stereocenters. The van der Waals surface area contributed by atoms with Crippen LogP contribution in [0.5, 0.6) is 5.75 Å². The van der Waals surface area contributed by atoms with Crippen LogP contribution in [0.1, 0.15) is 0 Å². The van der Waals surface area contributed by atoms with E-state index in [9.17, 15) is 8.42 Å². The SMILES string of the molecule is COc1ccccc1S(=O)(=O)Nc1cccc(-c2ccc3nncn3n2)c1. The molecule has 0 aliphatic rings. The van der Waals surface area contributed by atoms with Crippen molar-refractivity contribution in [3.63, 3.8) is 0 Å². The number of sulfonamides is 1. The summed E-state index contributed by atoms with van der Waals surface area (Å²) < 4.78 is 34.8. The van der Waals surface area contributed by atoms with Crippen molar-refractivity contribution in [1.82, 2.24) is 19.8 Å². The zero-order valence-corrected chi connectivity index (χ0v) is 15.1. The smallest absolute Gasteiger partial charge is 0.265 e. The average molecular weight is 381 g/mol. The number of benzene rings is 2. The first-order valence-electron chi connectivity index (χ1n) is 8.00. The monoisotopic (exact) mass is 381 g/mol. The number of rotatable bonds is 5. The Hall–Kier alpha value is -3.46. The molecular weight excluding hydrogens is 366 g/mol. The molecular formula is C18H15N5O3S. The van der Waals surface area contributed by atoms with E-state index in [1.54, 1.807) is 53.0 Å². The van der Waals surface area contributed by atoms with E-state index in [1.165, 1.54) is 19.5 Å². The highest BCUT2D eigenvalue weighted by molar-refractivity contribution is 7.92. The summed E-state index contributed by atoms with van der Waals surface area (Å²) >= 11 is 0. The summed E-state index contributed by atoms with van der Waals surface area (Å²) in [5.74, 6) is 0.279. The fourth-order valence-electron chi connectivity index (χ4n) is 2.68. The van der Waals surface area contributed by atoms with Crippen LogP contribution in [0.15, 0.2) is 71.9 Å². The summed E-state index contributed by atoms with van der Waals surface area (Å²) in [7, 11) is -2.37. The summed E-state index contributed by atoms with van der Waals surface area (Å²) in [5, 5.41) is 12.1. The van der Waals surface area contributed by atoms with Crippen LogP contribution in [0.3, 0.4) is 0 Å². The number of anilines is 1. The molecule has 0 fully saturated rings. The minimum Gasteiger partial charge on any atom is -0.495 e. The first-order chi connectivity index (χ1) is 13.1. The molecule has 136 valence electrons. The number of para-hydroxylation sites is 1. The van der Waals surface area contributed by atoms with Gasteiger partial charge in [0.1, 0.15) is 17.0 Å². The van der Waals surface area contributed by atoms with Gasteiger partial charge in [-0.3, -0.25) is 4.72 Å². The fraction of sp³-hybridized carbons (Fsp3) is 0.0556. The summed E-state index contributed by atoms with van der Waals surface area (Å²) in [6.45, 7) is 0. The standard InChI is InChI=1S/C18H15N5O3S/c1-26-16-7-2-3-8-17(16)27(24,25)22-14-6-4-5-13(11-14)15-9-10-18-20-19-12-23(18)21-15/h2-12,22H,1H3. The number of nitrogens with zero attached hydrogens (tertiary/aromatic N) is 4. The zero-order chi connectivity index (χ0) is 18.9. The lowest BCUT2D eigenvalue weighted by atomic mass is 10.1. The van der Waals surface area contributed by atoms with Crippen molar-refractivity contribution >= 4 is 21.4 Å². The Morgan fingerprint density at radius 2 is 1.89 bits per heavy atom. The van der Waals surface area contributed by atoms with Gasteiger partial charge in [0.15, 0.2) is 5.65 Å². The normalized spacial score (nSPS) is 11.4. The molecule has 0 amide bonds. The third-order valence-corrected chi connectivity index (χ3v) is 5.35. The van der Waals surface area contributed by atoms with Gasteiger partial charge < -0.3 is 4.74 Å². The van der Waals surface area contributed by atoms with E-state index in [2.05, 4.69) is 20.0 Å². The second-order valence-electron chi connectivity index (χ2n) is 5.69. The van der Waals surface area contributed by atoms with Gasteiger partial charge in [0, 0.05) is 11.3 Å². The minimum atomic E-state index is -3.80. The Morgan fingerprint density at radius 3 is 2.74 bits per heavy atom. The lowest BCUT2D eigenvalue weighted by Crippen LogP contribution is -2.14. The number of aromatic nitrogens is 4. The largest absolute Gasteiger partial charge is 0.495 e. The average Bonchev–Trinajstić information content (AvgIpc) is 3.15. The van der Waals surface area contributed by atoms with Crippen molar-refractivity contribution in [2.24, 2.45) is 0 Å². The molecule has 2 heterocycles. The van der Waals surface area contributed by atoms with Crippen LogP contribution >= 0.6 is 0 Å². The van der Waals surface area contributed by atoms with Crippen LogP contribution in [0.25, 0.3) is 16.9 Å². The lowest BCUT2D eigenvalue weighted by Gasteiger charge is -2.12. The van der Waals surface area contributed by atoms with Crippen LogP contribution in [-0.4, -0.2) is 35.3 Å². The Kier molecular flexibility index (Phi) is 4.21. The van der Waals surface area contributed by atoms with Gasteiger partial charge in [-0.25, -0.2) is 8.42 Å². The zero-order valence-electron chi connectivity index (χ0n) is 14.3. The summed E-state index contributed by atoms with van der Waals surface area (Å²) in [5.41, 5.74) is 2.47. The molecule has 0 spiro atoms. The third-order valence-electron chi connectivity index (χ3n) is 3.93. The molecule has 4 aromatic rings. The first-order valence-corrected chi connectivity index (χ1v) is 9.48. The van der Waals surface area contributed by atoms with Crippen LogP contribution in [-0.2, 0) is 10.0 Å². The van der Waals surface area contributed by atoms with E-state index in [1.807, 2.05) is 6.07 Å². The number of methoxy groups -OCH3 is 1. The van der Waals surface area contributed by atoms with Gasteiger partial charge in [0.25, 0.3) is 10.0 Å². The molecule has 0 bridgehead atoms. The summed E-state index contributed by atoms with van der Waals surface area (Å²) in [6, 6.07) is 17.0. The number of fused-ring (bicyclic) bond motifs is 1. The van der Waals surface area contributed by atoms with Crippen molar-refractivity contribution in [2.75, 3.05) is 11.8 Å². The predicted molar refractivity (Wildman–Crippen MR) is 100 cm³/mol. The van der Waals surface area contributed by atoms with Crippen molar-refractivity contribution in [2.45, 2.75) is 4.90 Å². The minimum absolute atomic E-state index is 0.0712. The second-order valence-corrected chi connectivity index (χ2v) is 7.34. The van der Waals surface area contributed by atoms with E-state index in [4.69, 9.17) is 4.74 Å². The Morgan fingerprint density at radius 1 is 1.04 bits per heavy atom. The van der Waals surface area contributed by atoms with Gasteiger partial charge >= 0.3 is 0 Å². The van der Waals surface area contributed by atoms with Crippen molar-refractivity contribution in [3.8, 4) is 17.0 Å². The van der Waals surface area contributed by atoms with Crippen molar-refractivity contribution < 1.29 is 13.2 Å². The molecule has 1 N–H and O–H groups in total. The van der Waals surface area contributed by atoms with Gasteiger partial charge in [-0.05, 0) is 36.4 Å². The van der Waals surface area contributed by atoms with Crippen LogP contribution in [0.2, 0.25) is 0 Å².